The lowest BCUT2D eigenvalue weighted by Gasteiger charge is -2.14. The van der Waals surface area contributed by atoms with Crippen molar-refractivity contribution in [1.82, 2.24) is 9.62 Å². The summed E-state index contributed by atoms with van der Waals surface area (Å²) < 4.78 is 31.1. The number of hydrogen-bond acceptors (Lipinski definition) is 4. The van der Waals surface area contributed by atoms with Crippen molar-refractivity contribution in [2.75, 3.05) is 14.1 Å². The third-order valence-electron chi connectivity index (χ3n) is 4.26. The summed E-state index contributed by atoms with van der Waals surface area (Å²) in [6.07, 6.45) is 0.563. The lowest BCUT2D eigenvalue weighted by atomic mass is 10.1. The molecule has 0 radical (unpaired) electrons. The van der Waals surface area contributed by atoms with E-state index in [0.29, 0.717) is 12.0 Å². The topological polar surface area (TPSA) is 79.6 Å². The highest BCUT2D eigenvalue weighted by Gasteiger charge is 2.18. The maximum atomic E-state index is 12.4. The number of benzene rings is 2. The fourth-order valence-corrected chi connectivity index (χ4v) is 3.69. The molecular formula is C20H22N2O4S. The molecule has 27 heavy (non-hydrogen) atoms. The van der Waals surface area contributed by atoms with E-state index in [4.69, 9.17) is 4.42 Å². The number of para-hydroxylation sites is 1. The Morgan fingerprint density at radius 3 is 2.41 bits per heavy atom. The third kappa shape index (κ3) is 4.20. The van der Waals surface area contributed by atoms with Crippen LogP contribution in [-0.4, -0.2) is 38.8 Å². The number of fused-ring (bicyclic) bond motifs is 1. The second-order valence-electron chi connectivity index (χ2n) is 6.64. The van der Waals surface area contributed by atoms with Crippen LogP contribution in [0.15, 0.2) is 63.9 Å². The van der Waals surface area contributed by atoms with Crippen molar-refractivity contribution in [2.24, 2.45) is 0 Å². The monoisotopic (exact) mass is 386 g/mol. The van der Waals surface area contributed by atoms with Gasteiger partial charge in [0.05, 0.1) is 4.90 Å². The minimum absolute atomic E-state index is 0.136. The van der Waals surface area contributed by atoms with Crippen molar-refractivity contribution in [3.05, 3.63) is 65.9 Å². The van der Waals surface area contributed by atoms with Gasteiger partial charge in [0.1, 0.15) is 11.3 Å². The van der Waals surface area contributed by atoms with Crippen LogP contribution in [0.4, 0.5) is 0 Å². The number of rotatable bonds is 6. The Morgan fingerprint density at radius 2 is 1.78 bits per heavy atom. The van der Waals surface area contributed by atoms with Crippen LogP contribution in [0.2, 0.25) is 0 Å². The zero-order chi connectivity index (χ0) is 19.6. The third-order valence-corrected chi connectivity index (χ3v) is 6.09. The minimum Gasteiger partial charge on any atom is -0.461 e. The Labute approximate surface area is 158 Å². The van der Waals surface area contributed by atoms with Gasteiger partial charge in [-0.2, -0.15) is 0 Å². The predicted molar refractivity (Wildman–Crippen MR) is 104 cm³/mol. The summed E-state index contributed by atoms with van der Waals surface area (Å²) in [5.74, 6) is 0.545. The number of nitrogens with zero attached hydrogens (tertiary/aromatic N) is 1. The van der Waals surface area contributed by atoms with Gasteiger partial charge >= 0.3 is 0 Å². The van der Waals surface area contributed by atoms with Crippen LogP contribution in [0.25, 0.3) is 11.0 Å². The van der Waals surface area contributed by atoms with E-state index in [9.17, 15) is 13.2 Å². The molecular weight excluding hydrogens is 364 g/mol. The maximum absolute atomic E-state index is 12.4. The molecule has 3 rings (SSSR count). The molecule has 0 spiro atoms. The van der Waals surface area contributed by atoms with Crippen LogP contribution in [0.1, 0.15) is 23.0 Å². The molecule has 142 valence electrons. The van der Waals surface area contributed by atoms with E-state index in [1.165, 1.54) is 38.4 Å². The van der Waals surface area contributed by atoms with Gasteiger partial charge in [0.15, 0.2) is 0 Å². The first-order chi connectivity index (χ1) is 12.8. The van der Waals surface area contributed by atoms with Crippen LogP contribution in [0.3, 0.4) is 0 Å². The van der Waals surface area contributed by atoms with Crippen LogP contribution >= 0.6 is 0 Å². The number of carbonyl (C=O) groups is 1. The molecule has 0 saturated heterocycles. The molecule has 6 nitrogen and oxygen atoms in total. The van der Waals surface area contributed by atoms with Gasteiger partial charge in [0, 0.05) is 37.5 Å². The Balaban J connectivity index is 1.65. The molecule has 0 aliphatic rings. The summed E-state index contributed by atoms with van der Waals surface area (Å²) in [5.41, 5.74) is 1.23. The normalized spacial score (nSPS) is 13.0. The van der Waals surface area contributed by atoms with Gasteiger partial charge in [-0.25, -0.2) is 12.7 Å². The highest BCUT2D eigenvalue weighted by Crippen LogP contribution is 2.20. The Morgan fingerprint density at radius 1 is 1.11 bits per heavy atom. The second kappa shape index (κ2) is 7.54. The lowest BCUT2D eigenvalue weighted by Crippen LogP contribution is -2.34. The van der Waals surface area contributed by atoms with E-state index in [0.717, 1.165) is 21.0 Å². The standard InChI is InChI=1S/C20H22N2O4S/c1-14(12-17-13-16-6-4-5-7-19(16)26-17)21-20(23)15-8-10-18(11-9-15)27(24,25)22(2)3/h4-11,13-14H,12H2,1-3H3,(H,21,23)/t14-/m0/s1. The predicted octanol–water partition coefficient (Wildman–Crippen LogP) is 3.04. The first kappa shape index (κ1) is 19.1. The van der Waals surface area contributed by atoms with Crippen molar-refractivity contribution < 1.29 is 17.6 Å². The number of nitrogens with one attached hydrogen (secondary N) is 1. The molecule has 1 heterocycles. The van der Waals surface area contributed by atoms with Gasteiger partial charge in [-0.1, -0.05) is 18.2 Å². The first-order valence-electron chi connectivity index (χ1n) is 8.58. The van der Waals surface area contributed by atoms with Crippen molar-refractivity contribution in [3.8, 4) is 0 Å². The maximum Gasteiger partial charge on any atom is 0.251 e. The highest BCUT2D eigenvalue weighted by molar-refractivity contribution is 7.89. The van der Waals surface area contributed by atoms with Gasteiger partial charge in [-0.3, -0.25) is 4.79 Å². The van der Waals surface area contributed by atoms with Gasteiger partial charge in [-0.05, 0) is 43.3 Å². The van der Waals surface area contributed by atoms with E-state index in [1.54, 1.807) is 0 Å². The van der Waals surface area contributed by atoms with Crippen LogP contribution in [0.5, 0.6) is 0 Å². The number of furan rings is 1. The quantitative estimate of drug-likeness (QED) is 0.706. The molecule has 2 aromatic carbocycles. The van der Waals surface area contributed by atoms with Crippen molar-refractivity contribution in [3.63, 3.8) is 0 Å². The summed E-state index contributed by atoms with van der Waals surface area (Å²) in [6.45, 7) is 1.90. The molecule has 1 atom stereocenters. The molecule has 0 aliphatic carbocycles. The molecule has 0 aliphatic heterocycles. The fraction of sp³-hybridized carbons (Fsp3) is 0.250. The molecule has 3 aromatic rings. The molecule has 1 amide bonds. The van der Waals surface area contributed by atoms with Crippen LogP contribution in [-0.2, 0) is 16.4 Å². The number of sulfonamides is 1. The van der Waals surface area contributed by atoms with Crippen molar-refractivity contribution in [2.45, 2.75) is 24.3 Å². The Bertz CT molecular complexity index is 1020. The van der Waals surface area contributed by atoms with E-state index in [-0.39, 0.29) is 16.8 Å². The largest absolute Gasteiger partial charge is 0.461 e. The van der Waals surface area contributed by atoms with E-state index >= 15 is 0 Å². The van der Waals surface area contributed by atoms with E-state index < -0.39 is 10.0 Å². The molecule has 0 fully saturated rings. The van der Waals surface area contributed by atoms with E-state index in [1.807, 2.05) is 37.3 Å². The first-order valence-corrected chi connectivity index (χ1v) is 10.0. The number of amides is 1. The average Bonchev–Trinajstić information content (AvgIpc) is 3.03. The molecule has 0 unspecified atom stereocenters. The van der Waals surface area contributed by atoms with Gasteiger partial charge in [0.2, 0.25) is 10.0 Å². The zero-order valence-corrected chi connectivity index (χ0v) is 16.3. The summed E-state index contributed by atoms with van der Waals surface area (Å²) in [6, 6.07) is 15.5. The molecule has 0 saturated carbocycles. The molecule has 0 bridgehead atoms. The van der Waals surface area contributed by atoms with Crippen molar-refractivity contribution >= 4 is 26.9 Å². The van der Waals surface area contributed by atoms with Gasteiger partial charge in [0.25, 0.3) is 5.91 Å². The summed E-state index contributed by atoms with van der Waals surface area (Å²) in [4.78, 5) is 12.6. The van der Waals surface area contributed by atoms with Crippen LogP contribution < -0.4 is 5.32 Å². The Kier molecular flexibility index (Phi) is 5.34. The zero-order valence-electron chi connectivity index (χ0n) is 15.5. The molecule has 1 aromatic heterocycles. The van der Waals surface area contributed by atoms with Crippen LogP contribution in [0, 0.1) is 0 Å². The van der Waals surface area contributed by atoms with Gasteiger partial charge < -0.3 is 9.73 Å². The summed E-state index contributed by atoms with van der Waals surface area (Å²) in [7, 11) is -0.571. The summed E-state index contributed by atoms with van der Waals surface area (Å²) >= 11 is 0. The lowest BCUT2D eigenvalue weighted by molar-refractivity contribution is 0.0939. The smallest absolute Gasteiger partial charge is 0.251 e. The average molecular weight is 386 g/mol. The summed E-state index contributed by atoms with van der Waals surface area (Å²) in [5, 5.41) is 3.94. The molecule has 7 heteroatoms. The van der Waals surface area contributed by atoms with Gasteiger partial charge in [-0.15, -0.1) is 0 Å². The fourth-order valence-electron chi connectivity index (χ4n) is 2.79. The van der Waals surface area contributed by atoms with Crippen molar-refractivity contribution in [1.29, 1.82) is 0 Å². The molecule has 1 N–H and O–H groups in total. The minimum atomic E-state index is -3.51. The Hall–Kier alpha value is -2.64. The van der Waals surface area contributed by atoms with E-state index in [2.05, 4.69) is 5.32 Å². The number of hydrogen-bond donors (Lipinski definition) is 1. The highest BCUT2D eigenvalue weighted by atomic mass is 32.2. The number of carbonyl (C=O) groups excluding carboxylic acids is 1. The second-order valence-corrected chi connectivity index (χ2v) is 8.79. The SMILES string of the molecule is C[C@@H](Cc1cc2ccccc2o1)NC(=O)c1ccc(S(=O)(=O)N(C)C)cc1.